The molecule has 0 N–H and O–H groups in total. The Morgan fingerprint density at radius 2 is 1.00 bits per heavy atom. The van der Waals surface area contributed by atoms with Crippen LogP contribution in [0.5, 0.6) is 0 Å². The lowest BCUT2D eigenvalue weighted by Crippen LogP contribution is -2.27. The van der Waals surface area contributed by atoms with Crippen LogP contribution >= 0.6 is 7.14 Å². The zero-order chi connectivity index (χ0) is 21.5. The predicted molar refractivity (Wildman–Crippen MR) is 124 cm³/mol. The second kappa shape index (κ2) is 7.76. The molecule has 3 aromatic rings. The Morgan fingerprint density at radius 3 is 1.41 bits per heavy atom. The number of rotatable bonds is 4. The van der Waals surface area contributed by atoms with Crippen molar-refractivity contribution in [1.29, 1.82) is 0 Å². The molecule has 3 aromatic carbocycles. The minimum absolute atomic E-state index is 0.269. The molecule has 0 radical (unpaired) electrons. The smallest absolute Gasteiger partial charge is 0.230 e. The molecule has 0 aliphatic carbocycles. The van der Waals surface area contributed by atoms with Gasteiger partial charge in [-0.15, -0.1) is 0 Å². The standard InChI is InChI=1S/C26H29O2P/c1-16-8-10-19(4)23(14-16)29(28,24-15-17(2)9-11-20(24)5)26(27)25-21(6)12-18(3)13-22(25)7/h8-15H,1-7H3. The quantitative estimate of drug-likeness (QED) is 0.500. The van der Waals surface area contributed by atoms with Crippen LogP contribution in [0.15, 0.2) is 48.5 Å². The topological polar surface area (TPSA) is 34.1 Å². The average Bonchev–Trinajstić information content (AvgIpc) is 2.64. The molecular weight excluding hydrogens is 375 g/mol. The first-order valence-electron chi connectivity index (χ1n) is 9.94. The Balaban J connectivity index is 2.42. The van der Waals surface area contributed by atoms with E-state index in [2.05, 4.69) is 0 Å². The molecule has 0 spiro atoms. The van der Waals surface area contributed by atoms with Gasteiger partial charge in [-0.3, -0.25) is 4.79 Å². The highest BCUT2D eigenvalue weighted by molar-refractivity contribution is 7.93. The van der Waals surface area contributed by atoms with E-state index in [1.54, 1.807) is 0 Å². The highest BCUT2D eigenvalue weighted by Crippen LogP contribution is 2.49. The van der Waals surface area contributed by atoms with Gasteiger partial charge in [0.05, 0.1) is 0 Å². The number of hydrogen-bond donors (Lipinski definition) is 0. The summed E-state index contributed by atoms with van der Waals surface area (Å²) in [5.41, 5.74) is 6.95. The van der Waals surface area contributed by atoms with Gasteiger partial charge in [0.2, 0.25) is 12.7 Å². The van der Waals surface area contributed by atoms with E-state index in [9.17, 15) is 9.36 Å². The highest BCUT2D eigenvalue weighted by Gasteiger charge is 2.40. The number of benzene rings is 3. The summed E-state index contributed by atoms with van der Waals surface area (Å²) >= 11 is 0. The molecule has 3 heteroatoms. The van der Waals surface area contributed by atoms with Crippen LogP contribution in [0.4, 0.5) is 0 Å². The van der Waals surface area contributed by atoms with Gasteiger partial charge in [-0.2, -0.15) is 0 Å². The molecule has 0 unspecified atom stereocenters. The summed E-state index contributed by atoms with van der Waals surface area (Å²) in [6, 6.07) is 15.8. The highest BCUT2D eigenvalue weighted by atomic mass is 31.2. The van der Waals surface area contributed by atoms with Crippen molar-refractivity contribution in [1.82, 2.24) is 0 Å². The molecule has 0 aliphatic heterocycles. The predicted octanol–water partition coefficient (Wildman–Crippen LogP) is 6.00. The fourth-order valence-corrected chi connectivity index (χ4v) is 7.42. The first-order valence-corrected chi connectivity index (χ1v) is 11.6. The lowest BCUT2D eigenvalue weighted by molar-refractivity contribution is 0.107. The Morgan fingerprint density at radius 1 is 0.586 bits per heavy atom. The minimum Gasteiger partial charge on any atom is -0.305 e. The maximum atomic E-state index is 14.9. The van der Waals surface area contributed by atoms with Crippen LogP contribution in [-0.2, 0) is 4.57 Å². The normalized spacial score (nSPS) is 11.6. The van der Waals surface area contributed by atoms with Crippen molar-refractivity contribution in [2.24, 2.45) is 0 Å². The van der Waals surface area contributed by atoms with Crippen molar-refractivity contribution in [3.8, 4) is 0 Å². The largest absolute Gasteiger partial charge is 0.305 e. The van der Waals surface area contributed by atoms with Gasteiger partial charge in [-0.25, -0.2) is 0 Å². The Hall–Kier alpha value is -2.44. The lowest BCUT2D eigenvalue weighted by atomic mass is 10.0. The van der Waals surface area contributed by atoms with Crippen LogP contribution < -0.4 is 10.6 Å². The maximum absolute atomic E-state index is 14.9. The minimum atomic E-state index is -3.57. The molecule has 0 aliphatic rings. The zero-order valence-corrected chi connectivity index (χ0v) is 19.3. The van der Waals surface area contributed by atoms with Crippen LogP contribution in [0.2, 0.25) is 0 Å². The SMILES string of the molecule is Cc1cc(C)c(C(=O)P(=O)(c2cc(C)ccc2C)c2cc(C)ccc2C)c(C)c1. The van der Waals surface area contributed by atoms with Crippen molar-refractivity contribution < 1.29 is 9.36 Å². The van der Waals surface area contributed by atoms with E-state index in [-0.39, 0.29) is 5.52 Å². The van der Waals surface area contributed by atoms with Crippen molar-refractivity contribution >= 4 is 23.3 Å². The van der Waals surface area contributed by atoms with Gasteiger partial charge >= 0.3 is 0 Å². The molecule has 150 valence electrons. The van der Waals surface area contributed by atoms with Crippen LogP contribution in [0.25, 0.3) is 0 Å². The Kier molecular flexibility index (Phi) is 5.70. The molecule has 0 saturated heterocycles. The van der Waals surface area contributed by atoms with Gasteiger partial charge in [0.15, 0.2) is 0 Å². The summed E-state index contributed by atoms with van der Waals surface area (Å²) in [7, 11) is -3.57. The fourth-order valence-electron chi connectivity index (χ4n) is 4.14. The summed E-state index contributed by atoms with van der Waals surface area (Å²) in [5.74, 6) is 0. The van der Waals surface area contributed by atoms with E-state index in [0.29, 0.717) is 16.2 Å². The molecule has 3 rings (SSSR count). The first-order chi connectivity index (χ1) is 13.6. The number of hydrogen-bond acceptors (Lipinski definition) is 2. The molecule has 0 amide bonds. The van der Waals surface area contributed by atoms with Gasteiger partial charge in [0.25, 0.3) is 0 Å². The van der Waals surface area contributed by atoms with E-state index in [4.69, 9.17) is 0 Å². The number of carbonyl (C=O) groups is 1. The molecule has 0 saturated carbocycles. The first kappa shape index (κ1) is 21.3. The molecule has 29 heavy (non-hydrogen) atoms. The van der Waals surface area contributed by atoms with Gasteiger partial charge < -0.3 is 4.57 Å². The molecule has 0 atom stereocenters. The zero-order valence-electron chi connectivity index (χ0n) is 18.4. The molecular formula is C26H29O2P. The van der Waals surface area contributed by atoms with Gasteiger partial charge in [-0.05, 0) is 82.9 Å². The third kappa shape index (κ3) is 3.74. The van der Waals surface area contributed by atoms with Crippen LogP contribution in [0.3, 0.4) is 0 Å². The molecule has 2 nitrogen and oxygen atoms in total. The van der Waals surface area contributed by atoms with E-state index in [0.717, 1.165) is 38.9 Å². The van der Waals surface area contributed by atoms with Crippen molar-refractivity contribution in [3.63, 3.8) is 0 Å². The monoisotopic (exact) mass is 404 g/mol. The van der Waals surface area contributed by atoms with Crippen LogP contribution in [0.1, 0.15) is 49.3 Å². The summed E-state index contributed by atoms with van der Waals surface area (Å²) in [4.78, 5) is 14.1. The molecule has 0 aromatic heterocycles. The molecule has 0 fully saturated rings. The van der Waals surface area contributed by atoms with Crippen LogP contribution in [-0.4, -0.2) is 5.52 Å². The Bertz CT molecular complexity index is 1090. The Labute approximate surface area is 174 Å². The number of carbonyl (C=O) groups excluding carboxylic acids is 1. The summed E-state index contributed by atoms with van der Waals surface area (Å²) < 4.78 is 14.9. The van der Waals surface area contributed by atoms with Crippen molar-refractivity contribution in [2.45, 2.75) is 48.5 Å². The van der Waals surface area contributed by atoms with E-state index in [1.807, 2.05) is 97.0 Å². The van der Waals surface area contributed by atoms with E-state index >= 15 is 0 Å². The molecule has 0 heterocycles. The second-order valence-electron chi connectivity index (χ2n) is 8.27. The molecule has 0 bridgehead atoms. The fraction of sp³-hybridized carbons (Fsp3) is 0.269. The van der Waals surface area contributed by atoms with E-state index in [1.165, 1.54) is 0 Å². The number of aryl methyl sites for hydroxylation is 7. The third-order valence-electron chi connectivity index (χ3n) is 5.58. The van der Waals surface area contributed by atoms with Gasteiger partial charge in [0, 0.05) is 16.2 Å². The van der Waals surface area contributed by atoms with Crippen molar-refractivity contribution in [3.05, 3.63) is 93.0 Å². The van der Waals surface area contributed by atoms with Crippen LogP contribution in [0, 0.1) is 48.5 Å². The average molecular weight is 404 g/mol. The lowest BCUT2D eigenvalue weighted by Gasteiger charge is -2.24. The van der Waals surface area contributed by atoms with E-state index < -0.39 is 7.14 Å². The summed E-state index contributed by atoms with van der Waals surface area (Å²) in [6.45, 7) is 13.7. The van der Waals surface area contributed by atoms with Crippen molar-refractivity contribution in [2.75, 3.05) is 0 Å². The summed E-state index contributed by atoms with van der Waals surface area (Å²) in [5, 5.41) is 1.30. The third-order valence-corrected chi connectivity index (χ3v) is 8.70. The summed E-state index contributed by atoms with van der Waals surface area (Å²) in [6.07, 6.45) is 0. The second-order valence-corrected chi connectivity index (χ2v) is 10.9. The van der Waals surface area contributed by atoms with Gasteiger partial charge in [0.1, 0.15) is 0 Å². The maximum Gasteiger partial charge on any atom is 0.230 e. The van der Waals surface area contributed by atoms with Gasteiger partial charge in [-0.1, -0.05) is 53.1 Å².